The van der Waals surface area contributed by atoms with Crippen molar-refractivity contribution in [2.75, 3.05) is 16.8 Å². The Bertz CT molecular complexity index is 1490. The molecule has 0 radical (unpaired) electrons. The summed E-state index contributed by atoms with van der Waals surface area (Å²) in [6.07, 6.45) is 2.26. The van der Waals surface area contributed by atoms with Gasteiger partial charge < -0.3 is 15.5 Å². The number of amides is 1. The summed E-state index contributed by atoms with van der Waals surface area (Å²) in [5.74, 6) is 0.161. The first-order valence-electron chi connectivity index (χ1n) is 10.3. The van der Waals surface area contributed by atoms with Crippen LogP contribution >= 0.6 is 0 Å². The van der Waals surface area contributed by atoms with Gasteiger partial charge in [-0.15, -0.1) is 0 Å². The molecule has 0 aliphatic rings. The van der Waals surface area contributed by atoms with Gasteiger partial charge in [-0.25, -0.2) is 14.5 Å². The van der Waals surface area contributed by atoms with Gasteiger partial charge in [-0.05, 0) is 30.5 Å². The number of aromatic nitrogens is 4. The molecule has 2 aromatic heterocycles. The number of hydrogen-bond acceptors (Lipinski definition) is 6. The first-order chi connectivity index (χ1) is 16.0. The summed E-state index contributed by atoms with van der Waals surface area (Å²) < 4.78 is 1.77. The van der Waals surface area contributed by atoms with Gasteiger partial charge in [0, 0.05) is 29.9 Å². The molecule has 0 saturated carbocycles. The quantitative estimate of drug-likeness (QED) is 0.355. The molecule has 1 amide bonds. The van der Waals surface area contributed by atoms with Crippen LogP contribution in [0.5, 0.6) is 5.75 Å². The van der Waals surface area contributed by atoms with Crippen molar-refractivity contribution in [3.63, 3.8) is 0 Å². The molecule has 5 rings (SSSR count). The molecule has 5 aromatic rings. The number of benzene rings is 3. The van der Waals surface area contributed by atoms with E-state index < -0.39 is 6.09 Å². The first-order valence-corrected chi connectivity index (χ1v) is 10.3. The Kier molecular flexibility index (Phi) is 4.98. The number of phenolic OH excluding ortho intramolecular Hbond substituents is 1. The van der Waals surface area contributed by atoms with E-state index >= 15 is 0 Å². The number of phenols is 1. The predicted octanol–water partition coefficient (Wildman–Crippen LogP) is 4.92. The van der Waals surface area contributed by atoms with Crippen molar-refractivity contribution in [2.45, 2.75) is 6.92 Å². The van der Waals surface area contributed by atoms with E-state index in [1.54, 1.807) is 30.1 Å². The fraction of sp³-hybridized carbons (Fsp3) is 0.0833. The summed E-state index contributed by atoms with van der Waals surface area (Å²) in [4.78, 5) is 21.4. The molecule has 2 heterocycles. The van der Waals surface area contributed by atoms with Crippen LogP contribution in [0.25, 0.3) is 27.5 Å². The highest BCUT2D eigenvalue weighted by molar-refractivity contribution is 5.92. The first kappa shape index (κ1) is 20.3. The highest BCUT2D eigenvalue weighted by Gasteiger charge is 2.17. The molecule has 9 heteroatoms. The van der Waals surface area contributed by atoms with Crippen molar-refractivity contribution in [1.82, 2.24) is 19.7 Å². The minimum Gasteiger partial charge on any atom is -0.506 e. The lowest BCUT2D eigenvalue weighted by Crippen LogP contribution is -2.28. The van der Waals surface area contributed by atoms with Crippen molar-refractivity contribution in [3.8, 4) is 11.4 Å². The van der Waals surface area contributed by atoms with Gasteiger partial charge in [0.2, 0.25) is 5.95 Å². The number of aromatic hydroxyl groups is 1. The molecule has 0 saturated heterocycles. The lowest BCUT2D eigenvalue weighted by atomic mass is 10.1. The van der Waals surface area contributed by atoms with E-state index in [1.807, 2.05) is 42.5 Å². The van der Waals surface area contributed by atoms with Gasteiger partial charge in [0.15, 0.2) is 5.65 Å². The maximum atomic E-state index is 11.4. The number of nitrogens with one attached hydrogen (secondary N) is 1. The van der Waals surface area contributed by atoms with Crippen LogP contribution in [0.3, 0.4) is 0 Å². The van der Waals surface area contributed by atoms with E-state index in [9.17, 15) is 15.0 Å². The SMILES string of the molecule is CCN(C(=O)O)c1ccc(Nc2ncc3cnn(-c4cccc5ccccc45)c3n2)cc1O. The summed E-state index contributed by atoms with van der Waals surface area (Å²) in [7, 11) is 0. The van der Waals surface area contributed by atoms with E-state index in [0.29, 0.717) is 17.3 Å². The third kappa shape index (κ3) is 3.65. The molecular formula is C24H20N6O3. The molecule has 0 spiro atoms. The van der Waals surface area contributed by atoms with Crippen LogP contribution in [0.15, 0.2) is 73.1 Å². The predicted molar refractivity (Wildman–Crippen MR) is 127 cm³/mol. The van der Waals surface area contributed by atoms with Gasteiger partial charge in [-0.2, -0.15) is 10.1 Å². The molecule has 0 aliphatic carbocycles. The maximum Gasteiger partial charge on any atom is 0.411 e. The number of nitrogens with zero attached hydrogens (tertiary/aromatic N) is 5. The Labute approximate surface area is 188 Å². The van der Waals surface area contributed by atoms with Crippen LogP contribution < -0.4 is 10.2 Å². The minimum atomic E-state index is -1.14. The van der Waals surface area contributed by atoms with Crippen molar-refractivity contribution in [3.05, 3.63) is 73.1 Å². The molecule has 9 nitrogen and oxygen atoms in total. The van der Waals surface area contributed by atoms with Gasteiger partial charge in [0.05, 0.1) is 23.0 Å². The number of fused-ring (bicyclic) bond motifs is 2. The number of rotatable bonds is 5. The van der Waals surface area contributed by atoms with Crippen LogP contribution in [0, 0.1) is 0 Å². The third-order valence-corrected chi connectivity index (χ3v) is 5.37. The van der Waals surface area contributed by atoms with E-state index in [1.165, 1.54) is 12.1 Å². The Balaban J connectivity index is 1.51. The zero-order valence-electron chi connectivity index (χ0n) is 17.7. The van der Waals surface area contributed by atoms with E-state index in [2.05, 4.69) is 20.4 Å². The fourth-order valence-electron chi connectivity index (χ4n) is 3.81. The van der Waals surface area contributed by atoms with Crippen LogP contribution in [-0.2, 0) is 0 Å². The van der Waals surface area contributed by atoms with Gasteiger partial charge in [0.25, 0.3) is 0 Å². The summed E-state index contributed by atoms with van der Waals surface area (Å²) >= 11 is 0. The zero-order chi connectivity index (χ0) is 22.9. The lowest BCUT2D eigenvalue weighted by Gasteiger charge is -2.18. The molecule has 3 aromatic carbocycles. The Hall–Kier alpha value is -4.66. The molecule has 0 bridgehead atoms. The summed E-state index contributed by atoms with van der Waals surface area (Å²) in [6, 6.07) is 18.7. The summed E-state index contributed by atoms with van der Waals surface area (Å²) in [5.41, 5.74) is 2.27. The number of anilines is 3. The van der Waals surface area contributed by atoms with Gasteiger partial charge >= 0.3 is 6.09 Å². The number of carbonyl (C=O) groups is 1. The molecule has 33 heavy (non-hydrogen) atoms. The van der Waals surface area contributed by atoms with Crippen LogP contribution in [-0.4, -0.2) is 42.6 Å². The smallest absolute Gasteiger partial charge is 0.411 e. The van der Waals surface area contributed by atoms with Crippen molar-refractivity contribution >= 4 is 45.2 Å². The molecule has 0 fully saturated rings. The van der Waals surface area contributed by atoms with Crippen LogP contribution in [0.4, 0.5) is 22.1 Å². The van der Waals surface area contributed by atoms with Crippen molar-refractivity contribution in [2.24, 2.45) is 0 Å². The second kappa shape index (κ2) is 8.12. The van der Waals surface area contributed by atoms with E-state index in [4.69, 9.17) is 0 Å². The molecule has 3 N–H and O–H groups in total. The van der Waals surface area contributed by atoms with Crippen molar-refractivity contribution < 1.29 is 15.0 Å². The topological polar surface area (TPSA) is 116 Å². The van der Waals surface area contributed by atoms with E-state index in [-0.39, 0.29) is 18.0 Å². The maximum absolute atomic E-state index is 11.4. The lowest BCUT2D eigenvalue weighted by molar-refractivity contribution is 0.202. The molecule has 0 aliphatic heterocycles. The second-order valence-corrected chi connectivity index (χ2v) is 7.38. The van der Waals surface area contributed by atoms with Gasteiger partial charge in [0.1, 0.15) is 5.75 Å². The second-order valence-electron chi connectivity index (χ2n) is 7.38. The molecule has 0 atom stereocenters. The van der Waals surface area contributed by atoms with Crippen LogP contribution in [0.2, 0.25) is 0 Å². The molecular weight excluding hydrogens is 420 g/mol. The van der Waals surface area contributed by atoms with Gasteiger partial charge in [-0.3, -0.25) is 4.90 Å². The fourth-order valence-corrected chi connectivity index (χ4v) is 3.81. The standard InChI is InChI=1S/C24H20N6O3/c1-2-29(24(32)33)20-11-10-17(12-21(20)31)27-23-25-13-16-14-26-30(22(16)28-23)19-9-5-7-15-6-3-4-8-18(15)19/h3-14,31H,2H2,1H3,(H,32,33)(H,25,27,28). The molecule has 164 valence electrons. The monoisotopic (exact) mass is 440 g/mol. The van der Waals surface area contributed by atoms with Gasteiger partial charge in [-0.1, -0.05) is 36.4 Å². The van der Waals surface area contributed by atoms with Crippen LogP contribution in [0.1, 0.15) is 6.92 Å². The van der Waals surface area contributed by atoms with Crippen molar-refractivity contribution in [1.29, 1.82) is 0 Å². The molecule has 0 unspecified atom stereocenters. The summed E-state index contributed by atoms with van der Waals surface area (Å²) in [5, 5.41) is 30.2. The normalized spacial score (nSPS) is 11.1. The highest BCUT2D eigenvalue weighted by atomic mass is 16.4. The Morgan fingerprint density at radius 3 is 2.67 bits per heavy atom. The zero-order valence-corrected chi connectivity index (χ0v) is 17.7. The van der Waals surface area contributed by atoms with E-state index in [0.717, 1.165) is 26.7 Å². The average molecular weight is 440 g/mol. The Morgan fingerprint density at radius 2 is 1.88 bits per heavy atom. The third-order valence-electron chi connectivity index (χ3n) is 5.37. The number of hydrogen-bond donors (Lipinski definition) is 3. The highest BCUT2D eigenvalue weighted by Crippen LogP contribution is 2.31. The minimum absolute atomic E-state index is 0.161. The average Bonchev–Trinajstić information content (AvgIpc) is 3.23. The Morgan fingerprint density at radius 1 is 1.06 bits per heavy atom. The number of carboxylic acid groups (broad SMARTS) is 1. The summed E-state index contributed by atoms with van der Waals surface area (Å²) in [6.45, 7) is 1.91. The largest absolute Gasteiger partial charge is 0.506 e.